The molecule has 84 valence electrons. The minimum absolute atomic E-state index is 0.474. The van der Waals surface area contributed by atoms with Gasteiger partial charge in [-0.1, -0.05) is 13.3 Å². The number of alkyl halides is 1. The van der Waals surface area contributed by atoms with Gasteiger partial charge in [0.15, 0.2) is 0 Å². The first-order valence-electron chi connectivity index (χ1n) is 5.72. The molecule has 2 atom stereocenters. The largest absolute Gasteiger partial charge is 0.323 e. The first kappa shape index (κ1) is 10.1. The van der Waals surface area contributed by atoms with Gasteiger partial charge < -0.3 is 4.57 Å². The SMILES string of the molecule is CCC1CC1n1c(CCl)nc2cnccc21. The minimum atomic E-state index is 0.474. The molecule has 0 aliphatic heterocycles. The van der Waals surface area contributed by atoms with Crippen molar-refractivity contribution < 1.29 is 0 Å². The molecule has 0 spiro atoms. The Balaban J connectivity index is 2.13. The molecular weight excluding hydrogens is 222 g/mol. The second kappa shape index (κ2) is 3.74. The van der Waals surface area contributed by atoms with E-state index in [9.17, 15) is 0 Å². The van der Waals surface area contributed by atoms with Crippen LogP contribution in [-0.2, 0) is 5.88 Å². The van der Waals surface area contributed by atoms with E-state index in [0.717, 1.165) is 17.3 Å². The van der Waals surface area contributed by atoms with Gasteiger partial charge in [-0.25, -0.2) is 4.98 Å². The minimum Gasteiger partial charge on any atom is -0.323 e. The number of nitrogens with zero attached hydrogens (tertiary/aromatic N) is 3. The highest BCUT2D eigenvalue weighted by Gasteiger charge is 2.38. The lowest BCUT2D eigenvalue weighted by atomic mass is 10.3. The Bertz CT molecular complexity index is 520. The predicted molar refractivity (Wildman–Crippen MR) is 64.5 cm³/mol. The standard InChI is InChI=1S/C12H14ClN3/c1-2-8-5-11(8)16-10-3-4-14-7-9(10)15-12(16)6-13/h3-4,7-8,11H,2,5-6H2,1H3. The number of imidazole rings is 1. The maximum atomic E-state index is 5.96. The summed E-state index contributed by atoms with van der Waals surface area (Å²) in [6.45, 7) is 2.24. The maximum absolute atomic E-state index is 5.96. The molecule has 0 amide bonds. The van der Waals surface area contributed by atoms with Gasteiger partial charge in [-0.05, 0) is 18.4 Å². The van der Waals surface area contributed by atoms with Crippen LogP contribution >= 0.6 is 11.6 Å². The van der Waals surface area contributed by atoms with E-state index >= 15 is 0 Å². The molecular formula is C12H14ClN3. The molecule has 1 fully saturated rings. The fraction of sp³-hybridized carbons (Fsp3) is 0.500. The molecule has 0 bridgehead atoms. The number of aromatic nitrogens is 3. The van der Waals surface area contributed by atoms with E-state index in [1.165, 1.54) is 18.4 Å². The summed E-state index contributed by atoms with van der Waals surface area (Å²) in [7, 11) is 0. The first-order chi connectivity index (χ1) is 7.85. The van der Waals surface area contributed by atoms with Crippen LogP contribution in [0, 0.1) is 5.92 Å². The van der Waals surface area contributed by atoms with Crippen LogP contribution in [0.5, 0.6) is 0 Å². The van der Waals surface area contributed by atoms with Crippen LogP contribution in [0.15, 0.2) is 18.5 Å². The lowest BCUT2D eigenvalue weighted by Crippen LogP contribution is -2.01. The van der Waals surface area contributed by atoms with E-state index in [-0.39, 0.29) is 0 Å². The Morgan fingerprint density at radius 2 is 2.44 bits per heavy atom. The number of hydrogen-bond donors (Lipinski definition) is 0. The Kier molecular flexibility index (Phi) is 2.36. The van der Waals surface area contributed by atoms with Crippen molar-refractivity contribution in [2.45, 2.75) is 31.7 Å². The van der Waals surface area contributed by atoms with Gasteiger partial charge in [-0.3, -0.25) is 4.98 Å². The summed E-state index contributed by atoms with van der Waals surface area (Å²) in [6, 6.07) is 2.63. The van der Waals surface area contributed by atoms with E-state index in [2.05, 4.69) is 21.5 Å². The predicted octanol–water partition coefficient (Wildman–Crippen LogP) is 3.14. The Hall–Kier alpha value is -1.09. The Morgan fingerprint density at radius 3 is 3.12 bits per heavy atom. The summed E-state index contributed by atoms with van der Waals surface area (Å²) in [5, 5.41) is 0. The summed E-state index contributed by atoms with van der Waals surface area (Å²) in [4.78, 5) is 8.63. The van der Waals surface area contributed by atoms with Crippen LogP contribution in [0.1, 0.15) is 31.6 Å². The zero-order valence-corrected chi connectivity index (χ0v) is 9.98. The molecule has 1 saturated carbocycles. The van der Waals surface area contributed by atoms with Crippen LogP contribution < -0.4 is 0 Å². The summed E-state index contributed by atoms with van der Waals surface area (Å²) >= 11 is 5.96. The van der Waals surface area contributed by atoms with E-state index in [4.69, 9.17) is 11.6 Å². The normalized spacial score (nSPS) is 23.9. The highest BCUT2D eigenvalue weighted by atomic mass is 35.5. The highest BCUT2D eigenvalue weighted by molar-refractivity contribution is 6.16. The maximum Gasteiger partial charge on any atom is 0.125 e. The van der Waals surface area contributed by atoms with E-state index in [1.54, 1.807) is 0 Å². The molecule has 2 unspecified atom stereocenters. The van der Waals surface area contributed by atoms with Crippen molar-refractivity contribution in [2.24, 2.45) is 5.92 Å². The van der Waals surface area contributed by atoms with Crippen LogP contribution in [0.2, 0.25) is 0 Å². The van der Waals surface area contributed by atoms with Gasteiger partial charge >= 0.3 is 0 Å². The van der Waals surface area contributed by atoms with Gasteiger partial charge in [0.25, 0.3) is 0 Å². The summed E-state index contributed by atoms with van der Waals surface area (Å²) in [6.07, 6.45) is 6.12. The topological polar surface area (TPSA) is 30.7 Å². The molecule has 2 aromatic heterocycles. The molecule has 0 aromatic carbocycles. The van der Waals surface area contributed by atoms with E-state index in [1.807, 2.05) is 18.5 Å². The fourth-order valence-electron chi connectivity index (χ4n) is 2.45. The zero-order valence-electron chi connectivity index (χ0n) is 9.23. The molecule has 3 rings (SSSR count). The third kappa shape index (κ3) is 1.42. The Labute approximate surface area is 99.5 Å². The van der Waals surface area contributed by atoms with Crippen molar-refractivity contribution in [2.75, 3.05) is 0 Å². The summed E-state index contributed by atoms with van der Waals surface area (Å²) in [5.41, 5.74) is 2.13. The third-order valence-corrected chi connectivity index (χ3v) is 3.66. The fourth-order valence-corrected chi connectivity index (χ4v) is 2.64. The van der Waals surface area contributed by atoms with Crippen molar-refractivity contribution in [3.63, 3.8) is 0 Å². The number of rotatable bonds is 3. The quantitative estimate of drug-likeness (QED) is 0.766. The van der Waals surface area contributed by atoms with E-state index in [0.29, 0.717) is 11.9 Å². The molecule has 4 heteroatoms. The van der Waals surface area contributed by atoms with Crippen molar-refractivity contribution in [1.29, 1.82) is 0 Å². The van der Waals surface area contributed by atoms with Crippen LogP contribution in [0.25, 0.3) is 11.0 Å². The van der Waals surface area contributed by atoms with Gasteiger partial charge in [0.2, 0.25) is 0 Å². The number of fused-ring (bicyclic) bond motifs is 1. The van der Waals surface area contributed by atoms with Crippen LogP contribution in [-0.4, -0.2) is 14.5 Å². The molecule has 2 heterocycles. The van der Waals surface area contributed by atoms with Crippen molar-refractivity contribution >= 4 is 22.6 Å². The Morgan fingerprint density at radius 1 is 1.56 bits per heavy atom. The second-order valence-electron chi connectivity index (χ2n) is 4.37. The van der Waals surface area contributed by atoms with E-state index < -0.39 is 0 Å². The second-order valence-corrected chi connectivity index (χ2v) is 4.63. The third-order valence-electron chi connectivity index (χ3n) is 3.43. The molecule has 3 nitrogen and oxygen atoms in total. The number of pyridine rings is 1. The van der Waals surface area contributed by atoms with Crippen LogP contribution in [0.4, 0.5) is 0 Å². The highest BCUT2D eigenvalue weighted by Crippen LogP contribution is 2.47. The lowest BCUT2D eigenvalue weighted by molar-refractivity contribution is 0.637. The molecule has 2 aromatic rings. The molecule has 0 radical (unpaired) electrons. The smallest absolute Gasteiger partial charge is 0.125 e. The summed E-state index contributed by atoms with van der Waals surface area (Å²) in [5.74, 6) is 2.25. The number of halogens is 1. The van der Waals surface area contributed by atoms with Crippen molar-refractivity contribution in [3.8, 4) is 0 Å². The van der Waals surface area contributed by atoms with Crippen molar-refractivity contribution in [3.05, 3.63) is 24.3 Å². The molecule has 0 N–H and O–H groups in total. The zero-order chi connectivity index (χ0) is 11.1. The van der Waals surface area contributed by atoms with Crippen molar-refractivity contribution in [1.82, 2.24) is 14.5 Å². The van der Waals surface area contributed by atoms with Gasteiger partial charge in [-0.15, -0.1) is 11.6 Å². The van der Waals surface area contributed by atoms with Gasteiger partial charge in [-0.2, -0.15) is 0 Å². The van der Waals surface area contributed by atoms with Gasteiger partial charge in [0.1, 0.15) is 11.3 Å². The average Bonchev–Trinajstić information content (AvgIpc) is 3.01. The summed E-state index contributed by atoms with van der Waals surface area (Å²) < 4.78 is 2.30. The molecule has 1 aliphatic rings. The monoisotopic (exact) mass is 235 g/mol. The molecule has 0 saturated heterocycles. The number of hydrogen-bond acceptors (Lipinski definition) is 2. The average molecular weight is 236 g/mol. The van der Waals surface area contributed by atoms with Crippen LogP contribution in [0.3, 0.4) is 0 Å². The molecule has 1 aliphatic carbocycles. The first-order valence-corrected chi connectivity index (χ1v) is 6.25. The molecule has 16 heavy (non-hydrogen) atoms. The van der Waals surface area contributed by atoms with Gasteiger partial charge in [0, 0.05) is 12.2 Å². The lowest BCUT2D eigenvalue weighted by Gasteiger charge is -2.06. The van der Waals surface area contributed by atoms with Gasteiger partial charge in [0.05, 0.1) is 17.6 Å².